The third kappa shape index (κ3) is 4.60. The van der Waals surface area contributed by atoms with Crippen LogP contribution >= 0.6 is 0 Å². The Bertz CT molecular complexity index is 1010. The van der Waals surface area contributed by atoms with Gasteiger partial charge in [0.2, 0.25) is 0 Å². The van der Waals surface area contributed by atoms with Crippen LogP contribution in [0.2, 0.25) is 0 Å². The Kier molecular flexibility index (Phi) is 6.06. The number of hydrogen-bond donors (Lipinski definition) is 2. The molecule has 0 aliphatic rings. The van der Waals surface area contributed by atoms with Crippen LogP contribution in [0.25, 0.3) is 0 Å². The molecule has 0 spiro atoms. The molecule has 30 heavy (non-hydrogen) atoms. The van der Waals surface area contributed by atoms with E-state index in [0.717, 1.165) is 44.8 Å². The number of carbonyl (C=O) groups excluding carboxylic acids is 2. The number of hydrogen-bond acceptors (Lipinski definition) is 2. The summed E-state index contributed by atoms with van der Waals surface area (Å²) in [5.41, 5.74) is 8.88. The molecule has 0 aromatic heterocycles. The minimum absolute atomic E-state index is 0.234. The molecule has 0 bridgehead atoms. The number of benzene rings is 3. The van der Waals surface area contributed by atoms with Crippen molar-refractivity contribution in [2.75, 3.05) is 10.6 Å². The van der Waals surface area contributed by atoms with Crippen molar-refractivity contribution in [2.24, 2.45) is 0 Å². The van der Waals surface area contributed by atoms with Gasteiger partial charge in [0.15, 0.2) is 0 Å². The molecule has 0 heterocycles. The molecule has 4 heteroatoms. The zero-order chi connectivity index (χ0) is 22.0. The third-order valence-corrected chi connectivity index (χ3v) is 5.22. The van der Waals surface area contributed by atoms with E-state index in [1.54, 1.807) is 24.3 Å². The first-order valence-electron chi connectivity index (χ1n) is 10.0. The molecule has 3 rings (SSSR count). The van der Waals surface area contributed by atoms with Crippen molar-refractivity contribution in [3.63, 3.8) is 0 Å². The summed E-state index contributed by atoms with van der Waals surface area (Å²) >= 11 is 0. The molecule has 0 radical (unpaired) electrons. The number of amides is 2. The summed E-state index contributed by atoms with van der Waals surface area (Å²) in [4.78, 5) is 25.7. The summed E-state index contributed by atoms with van der Waals surface area (Å²) < 4.78 is 0. The van der Waals surface area contributed by atoms with Gasteiger partial charge in [-0.05, 0) is 82.0 Å². The quantitative estimate of drug-likeness (QED) is 0.561. The molecule has 2 amide bonds. The average Bonchev–Trinajstić information content (AvgIpc) is 2.67. The summed E-state index contributed by atoms with van der Waals surface area (Å²) in [5, 5.41) is 5.98. The molecule has 4 nitrogen and oxygen atoms in total. The highest BCUT2D eigenvalue weighted by Crippen LogP contribution is 2.24. The lowest BCUT2D eigenvalue weighted by Gasteiger charge is -2.14. The zero-order valence-corrected chi connectivity index (χ0v) is 18.4. The van der Waals surface area contributed by atoms with Crippen LogP contribution < -0.4 is 10.6 Å². The molecule has 2 N–H and O–H groups in total. The number of carbonyl (C=O) groups is 2. The SMILES string of the molecule is Cc1cc(C)c(NC(=O)c2cccc(C(=O)Nc3c(C)cc(C)cc3C)c2)c(C)c1. The van der Waals surface area contributed by atoms with E-state index in [-0.39, 0.29) is 11.8 Å². The van der Waals surface area contributed by atoms with E-state index >= 15 is 0 Å². The lowest BCUT2D eigenvalue weighted by Crippen LogP contribution is -2.17. The normalized spacial score (nSPS) is 10.6. The molecule has 0 saturated heterocycles. The minimum atomic E-state index is -0.234. The fourth-order valence-corrected chi connectivity index (χ4v) is 3.93. The molecule has 0 aliphatic carbocycles. The number of nitrogens with one attached hydrogen (secondary N) is 2. The van der Waals surface area contributed by atoms with Gasteiger partial charge in [-0.25, -0.2) is 0 Å². The molecule has 0 atom stereocenters. The largest absolute Gasteiger partial charge is 0.322 e. The predicted molar refractivity (Wildman–Crippen MR) is 124 cm³/mol. The Hall–Kier alpha value is -3.40. The highest BCUT2D eigenvalue weighted by molar-refractivity contribution is 6.09. The second-order valence-corrected chi connectivity index (χ2v) is 8.04. The molecular weight excluding hydrogens is 372 g/mol. The molecular formula is C26H28N2O2. The molecule has 3 aromatic carbocycles. The van der Waals surface area contributed by atoms with E-state index in [9.17, 15) is 9.59 Å². The van der Waals surface area contributed by atoms with E-state index in [1.165, 1.54) is 0 Å². The lowest BCUT2D eigenvalue weighted by atomic mass is 10.0. The van der Waals surface area contributed by atoms with Crippen LogP contribution in [-0.2, 0) is 0 Å². The van der Waals surface area contributed by atoms with Gasteiger partial charge in [-0.1, -0.05) is 41.5 Å². The van der Waals surface area contributed by atoms with Crippen molar-refractivity contribution in [3.8, 4) is 0 Å². The Labute approximate surface area is 178 Å². The van der Waals surface area contributed by atoms with Crippen molar-refractivity contribution in [1.29, 1.82) is 0 Å². The van der Waals surface area contributed by atoms with Gasteiger partial charge in [0, 0.05) is 22.5 Å². The summed E-state index contributed by atoms with van der Waals surface area (Å²) in [5.74, 6) is -0.468. The maximum Gasteiger partial charge on any atom is 0.255 e. The maximum absolute atomic E-state index is 12.8. The number of aryl methyl sites for hydroxylation is 6. The van der Waals surface area contributed by atoms with Crippen LogP contribution in [0.5, 0.6) is 0 Å². The van der Waals surface area contributed by atoms with Crippen LogP contribution in [0, 0.1) is 41.5 Å². The van der Waals surface area contributed by atoms with E-state index < -0.39 is 0 Å². The number of anilines is 2. The standard InChI is InChI=1S/C26H28N2O2/c1-15-10-17(3)23(18(4)11-15)27-25(29)21-8-7-9-22(14-21)26(30)28-24-19(5)12-16(2)13-20(24)6/h7-14H,1-6H3,(H,27,29)(H,28,30). The van der Waals surface area contributed by atoms with E-state index in [4.69, 9.17) is 0 Å². The Morgan fingerprint density at radius 1 is 0.567 bits per heavy atom. The van der Waals surface area contributed by atoms with Crippen LogP contribution in [0.1, 0.15) is 54.1 Å². The summed E-state index contributed by atoms with van der Waals surface area (Å²) in [7, 11) is 0. The highest BCUT2D eigenvalue weighted by atomic mass is 16.2. The Morgan fingerprint density at radius 3 is 1.23 bits per heavy atom. The fraction of sp³-hybridized carbons (Fsp3) is 0.231. The molecule has 0 aliphatic heterocycles. The van der Waals surface area contributed by atoms with Crippen molar-refractivity contribution in [3.05, 3.63) is 93.0 Å². The van der Waals surface area contributed by atoms with Gasteiger partial charge in [-0.2, -0.15) is 0 Å². The summed E-state index contributed by atoms with van der Waals surface area (Å²) in [6, 6.07) is 14.9. The Morgan fingerprint density at radius 2 is 0.900 bits per heavy atom. The van der Waals surface area contributed by atoms with E-state index in [2.05, 4.69) is 10.6 Å². The second-order valence-electron chi connectivity index (χ2n) is 8.04. The Balaban J connectivity index is 1.82. The summed E-state index contributed by atoms with van der Waals surface area (Å²) in [6.45, 7) is 12.0. The van der Waals surface area contributed by atoms with Crippen molar-refractivity contribution in [1.82, 2.24) is 0 Å². The van der Waals surface area contributed by atoms with Crippen LogP contribution in [0.3, 0.4) is 0 Å². The first kappa shape index (κ1) is 21.3. The first-order chi connectivity index (χ1) is 14.2. The highest BCUT2D eigenvalue weighted by Gasteiger charge is 2.14. The van der Waals surface area contributed by atoms with E-state index in [0.29, 0.717) is 11.1 Å². The molecule has 0 unspecified atom stereocenters. The summed E-state index contributed by atoms with van der Waals surface area (Å²) in [6.07, 6.45) is 0. The van der Waals surface area contributed by atoms with Gasteiger partial charge in [0.25, 0.3) is 11.8 Å². The van der Waals surface area contributed by atoms with Crippen molar-refractivity contribution < 1.29 is 9.59 Å². The minimum Gasteiger partial charge on any atom is -0.322 e. The van der Waals surface area contributed by atoms with Gasteiger partial charge in [0.05, 0.1) is 0 Å². The van der Waals surface area contributed by atoms with Crippen LogP contribution in [-0.4, -0.2) is 11.8 Å². The molecule has 154 valence electrons. The molecule has 0 saturated carbocycles. The average molecular weight is 401 g/mol. The smallest absolute Gasteiger partial charge is 0.255 e. The van der Waals surface area contributed by atoms with Crippen molar-refractivity contribution >= 4 is 23.2 Å². The molecule has 3 aromatic rings. The van der Waals surface area contributed by atoms with E-state index in [1.807, 2.05) is 65.8 Å². The van der Waals surface area contributed by atoms with Gasteiger partial charge < -0.3 is 10.6 Å². The molecule has 0 fully saturated rings. The van der Waals surface area contributed by atoms with Crippen LogP contribution in [0.4, 0.5) is 11.4 Å². The fourth-order valence-electron chi connectivity index (χ4n) is 3.93. The predicted octanol–water partition coefficient (Wildman–Crippen LogP) is 6.04. The second kappa shape index (κ2) is 8.54. The lowest BCUT2D eigenvalue weighted by molar-refractivity contribution is 0.102. The van der Waals surface area contributed by atoms with Gasteiger partial charge in [-0.15, -0.1) is 0 Å². The monoisotopic (exact) mass is 400 g/mol. The zero-order valence-electron chi connectivity index (χ0n) is 18.4. The van der Waals surface area contributed by atoms with Crippen molar-refractivity contribution in [2.45, 2.75) is 41.5 Å². The first-order valence-corrected chi connectivity index (χ1v) is 10.0. The third-order valence-electron chi connectivity index (χ3n) is 5.22. The topological polar surface area (TPSA) is 58.2 Å². The van der Waals surface area contributed by atoms with Gasteiger partial charge >= 0.3 is 0 Å². The van der Waals surface area contributed by atoms with Crippen LogP contribution in [0.15, 0.2) is 48.5 Å². The maximum atomic E-state index is 12.8. The van der Waals surface area contributed by atoms with Gasteiger partial charge in [0.1, 0.15) is 0 Å². The van der Waals surface area contributed by atoms with Gasteiger partial charge in [-0.3, -0.25) is 9.59 Å². The number of rotatable bonds is 4.